The first kappa shape index (κ1) is 18.9. The maximum Gasteiger partial charge on any atom is 0.147 e. The third-order valence-corrected chi connectivity index (χ3v) is 5.90. The van der Waals surface area contributed by atoms with Crippen LogP contribution in [0.15, 0.2) is 0 Å². The van der Waals surface area contributed by atoms with Gasteiger partial charge in [-0.05, 0) is 46.3 Å². The standard InChI is InChI=1S/C16H34N2O2S/c1-5-13-17-15(10-14-21(4,19)20)16(18(2)3)11-8-6-7-9-12-16/h15,17H,5-14H2,1-4H3. The zero-order valence-corrected chi connectivity index (χ0v) is 15.1. The summed E-state index contributed by atoms with van der Waals surface area (Å²) in [5.74, 6) is 0.282. The molecule has 1 saturated carbocycles. The fraction of sp³-hybridized carbons (Fsp3) is 1.00. The highest BCUT2D eigenvalue weighted by Crippen LogP contribution is 2.35. The first-order valence-corrected chi connectivity index (χ1v) is 10.5. The van der Waals surface area contributed by atoms with Gasteiger partial charge in [0.1, 0.15) is 9.84 Å². The minimum absolute atomic E-state index is 0.108. The summed E-state index contributed by atoms with van der Waals surface area (Å²) in [6.07, 6.45) is 10.6. The van der Waals surface area contributed by atoms with Gasteiger partial charge in [0.25, 0.3) is 0 Å². The first-order chi connectivity index (χ1) is 9.82. The largest absolute Gasteiger partial charge is 0.312 e. The van der Waals surface area contributed by atoms with Gasteiger partial charge in [-0.15, -0.1) is 0 Å². The molecule has 21 heavy (non-hydrogen) atoms. The molecule has 0 radical (unpaired) electrons. The predicted molar refractivity (Wildman–Crippen MR) is 90.5 cm³/mol. The van der Waals surface area contributed by atoms with Crippen LogP contribution in [0.25, 0.3) is 0 Å². The van der Waals surface area contributed by atoms with E-state index < -0.39 is 9.84 Å². The third-order valence-electron chi connectivity index (χ3n) is 4.93. The maximum atomic E-state index is 11.6. The molecule has 5 heteroatoms. The van der Waals surface area contributed by atoms with E-state index in [1.165, 1.54) is 44.8 Å². The van der Waals surface area contributed by atoms with E-state index in [0.717, 1.165) is 19.4 Å². The van der Waals surface area contributed by atoms with Gasteiger partial charge in [0.15, 0.2) is 0 Å². The van der Waals surface area contributed by atoms with Crippen LogP contribution >= 0.6 is 0 Å². The molecule has 1 unspecified atom stereocenters. The first-order valence-electron chi connectivity index (χ1n) is 8.40. The monoisotopic (exact) mass is 318 g/mol. The van der Waals surface area contributed by atoms with Gasteiger partial charge in [0, 0.05) is 17.8 Å². The quantitative estimate of drug-likeness (QED) is 0.698. The van der Waals surface area contributed by atoms with E-state index in [1.54, 1.807) is 0 Å². The fourth-order valence-corrected chi connectivity index (χ4v) is 4.32. The summed E-state index contributed by atoms with van der Waals surface area (Å²) in [7, 11) is 1.42. The Morgan fingerprint density at radius 2 is 1.71 bits per heavy atom. The highest BCUT2D eigenvalue weighted by atomic mass is 32.2. The average molecular weight is 319 g/mol. The van der Waals surface area contributed by atoms with Crippen LogP contribution in [0.5, 0.6) is 0 Å². The van der Waals surface area contributed by atoms with Gasteiger partial charge in [0.2, 0.25) is 0 Å². The van der Waals surface area contributed by atoms with Gasteiger partial charge < -0.3 is 10.2 Å². The van der Waals surface area contributed by atoms with Gasteiger partial charge in [-0.2, -0.15) is 0 Å². The van der Waals surface area contributed by atoms with Crippen molar-refractivity contribution in [3.05, 3.63) is 0 Å². The predicted octanol–water partition coefficient (Wildman–Crippen LogP) is 2.44. The number of nitrogens with zero attached hydrogens (tertiary/aromatic N) is 1. The second-order valence-corrected chi connectivity index (χ2v) is 9.10. The van der Waals surface area contributed by atoms with Gasteiger partial charge in [0.05, 0.1) is 5.75 Å². The molecule has 0 aromatic heterocycles. The van der Waals surface area contributed by atoms with Crippen LogP contribution in [0.3, 0.4) is 0 Å². The smallest absolute Gasteiger partial charge is 0.147 e. The van der Waals surface area contributed by atoms with Crippen LogP contribution in [0.4, 0.5) is 0 Å². The number of nitrogens with one attached hydrogen (secondary N) is 1. The molecule has 0 amide bonds. The van der Waals surface area contributed by atoms with Crippen molar-refractivity contribution < 1.29 is 8.42 Å². The Labute approximate surface area is 131 Å². The molecule has 4 nitrogen and oxygen atoms in total. The Hall–Kier alpha value is -0.130. The van der Waals surface area contributed by atoms with Crippen molar-refractivity contribution in [1.82, 2.24) is 10.2 Å². The SMILES string of the molecule is CCCNC(CCS(C)(=O)=O)C1(N(C)C)CCCCCC1. The van der Waals surface area contributed by atoms with Crippen molar-refractivity contribution in [2.45, 2.75) is 69.9 Å². The molecule has 1 atom stereocenters. The van der Waals surface area contributed by atoms with Gasteiger partial charge in [-0.25, -0.2) is 8.42 Å². The zero-order valence-electron chi connectivity index (χ0n) is 14.3. The van der Waals surface area contributed by atoms with E-state index in [0.29, 0.717) is 0 Å². The molecule has 0 aliphatic heterocycles. The van der Waals surface area contributed by atoms with Crippen molar-refractivity contribution in [2.24, 2.45) is 0 Å². The van der Waals surface area contributed by atoms with Crippen molar-refractivity contribution in [1.29, 1.82) is 0 Å². The summed E-state index contributed by atoms with van der Waals surface area (Å²) in [6, 6.07) is 0.264. The molecule has 0 aromatic carbocycles. The maximum absolute atomic E-state index is 11.6. The third kappa shape index (κ3) is 5.87. The highest BCUT2D eigenvalue weighted by molar-refractivity contribution is 7.90. The average Bonchev–Trinajstić information content (AvgIpc) is 2.64. The number of likely N-dealkylation sites (N-methyl/N-ethyl adjacent to an activating group) is 1. The lowest BCUT2D eigenvalue weighted by Gasteiger charge is -2.46. The van der Waals surface area contributed by atoms with Crippen LogP contribution in [-0.4, -0.2) is 57.5 Å². The van der Waals surface area contributed by atoms with E-state index in [2.05, 4.69) is 31.2 Å². The highest BCUT2D eigenvalue weighted by Gasteiger charge is 2.40. The molecular formula is C16H34N2O2S. The molecular weight excluding hydrogens is 284 g/mol. The normalized spacial score (nSPS) is 21.2. The van der Waals surface area contributed by atoms with Crippen LogP contribution in [0.2, 0.25) is 0 Å². The van der Waals surface area contributed by atoms with Gasteiger partial charge >= 0.3 is 0 Å². The second-order valence-electron chi connectivity index (χ2n) is 6.84. The van der Waals surface area contributed by atoms with Gasteiger partial charge in [-0.1, -0.05) is 32.6 Å². The van der Waals surface area contributed by atoms with E-state index in [-0.39, 0.29) is 17.3 Å². The summed E-state index contributed by atoms with van der Waals surface area (Å²) in [5, 5.41) is 3.66. The number of sulfone groups is 1. The molecule has 126 valence electrons. The summed E-state index contributed by atoms with van der Waals surface area (Å²) >= 11 is 0. The Bertz CT molecular complexity index is 385. The number of hydrogen-bond donors (Lipinski definition) is 1. The van der Waals surface area contributed by atoms with E-state index >= 15 is 0 Å². The van der Waals surface area contributed by atoms with Crippen molar-refractivity contribution in [3.8, 4) is 0 Å². The Kier molecular flexibility index (Phi) is 7.65. The Balaban J connectivity index is 2.92. The fourth-order valence-electron chi connectivity index (χ4n) is 3.66. The van der Waals surface area contributed by atoms with Gasteiger partial charge in [-0.3, -0.25) is 0 Å². The molecule has 0 bridgehead atoms. The Morgan fingerprint density at radius 3 is 2.14 bits per heavy atom. The minimum Gasteiger partial charge on any atom is -0.312 e. The van der Waals surface area contributed by atoms with E-state index in [4.69, 9.17) is 0 Å². The topological polar surface area (TPSA) is 49.4 Å². The summed E-state index contributed by atoms with van der Waals surface area (Å²) < 4.78 is 23.2. The van der Waals surface area contributed by atoms with E-state index in [9.17, 15) is 8.42 Å². The summed E-state index contributed by atoms with van der Waals surface area (Å²) in [5.41, 5.74) is 0.108. The lowest BCUT2D eigenvalue weighted by Crippen LogP contribution is -2.59. The molecule has 1 aliphatic carbocycles. The van der Waals surface area contributed by atoms with Crippen LogP contribution in [0, 0.1) is 0 Å². The number of rotatable bonds is 8. The molecule has 0 aromatic rings. The molecule has 1 rings (SSSR count). The van der Waals surface area contributed by atoms with Crippen LogP contribution in [0.1, 0.15) is 58.3 Å². The molecule has 0 heterocycles. The zero-order chi connectivity index (χ0) is 15.9. The molecule has 1 N–H and O–H groups in total. The molecule has 1 fully saturated rings. The molecule has 1 aliphatic rings. The van der Waals surface area contributed by atoms with Crippen molar-refractivity contribution in [3.63, 3.8) is 0 Å². The summed E-state index contributed by atoms with van der Waals surface area (Å²) in [6.45, 7) is 3.13. The Morgan fingerprint density at radius 1 is 1.14 bits per heavy atom. The molecule has 0 saturated heterocycles. The van der Waals surface area contributed by atoms with Crippen molar-refractivity contribution >= 4 is 9.84 Å². The van der Waals surface area contributed by atoms with Crippen molar-refractivity contribution in [2.75, 3.05) is 32.6 Å². The van der Waals surface area contributed by atoms with E-state index in [1.807, 2.05) is 0 Å². The van der Waals surface area contributed by atoms with Crippen LogP contribution in [-0.2, 0) is 9.84 Å². The summed E-state index contributed by atoms with van der Waals surface area (Å²) in [4.78, 5) is 2.36. The minimum atomic E-state index is -2.90. The second kappa shape index (κ2) is 8.49. The molecule has 0 spiro atoms. The lowest BCUT2D eigenvalue weighted by atomic mass is 9.80. The lowest BCUT2D eigenvalue weighted by molar-refractivity contribution is 0.0787. The van der Waals surface area contributed by atoms with Crippen LogP contribution < -0.4 is 5.32 Å². The number of hydrogen-bond acceptors (Lipinski definition) is 4.